The number of amides is 1. The highest BCUT2D eigenvalue weighted by Gasteiger charge is 2.45. The summed E-state index contributed by atoms with van der Waals surface area (Å²) in [7, 11) is -3.19. The number of rotatable bonds is 11. The van der Waals surface area contributed by atoms with Crippen LogP contribution in [0.25, 0.3) is 0 Å². The maximum atomic E-state index is 14.6. The van der Waals surface area contributed by atoms with Crippen molar-refractivity contribution in [1.29, 1.82) is 0 Å². The van der Waals surface area contributed by atoms with E-state index in [1.54, 1.807) is 16.4 Å². The first-order chi connectivity index (χ1) is 22.9. The second-order valence-corrected chi connectivity index (χ2v) is 17.1. The Morgan fingerprint density at radius 2 is 1.77 bits per heavy atom. The number of piperidine rings is 2. The number of sulfonamides is 1. The van der Waals surface area contributed by atoms with E-state index in [1.807, 2.05) is 24.8 Å². The summed E-state index contributed by atoms with van der Waals surface area (Å²) in [6.45, 7) is 16.2. The Morgan fingerprint density at radius 1 is 1.06 bits per heavy atom. The zero-order valence-corrected chi connectivity index (χ0v) is 30.4. The van der Waals surface area contributed by atoms with E-state index in [0.29, 0.717) is 44.0 Å². The summed E-state index contributed by atoms with van der Waals surface area (Å²) in [4.78, 5) is 28.2. The second-order valence-electron chi connectivity index (χ2n) is 14.9. The van der Waals surface area contributed by atoms with E-state index in [9.17, 15) is 17.6 Å². The van der Waals surface area contributed by atoms with Crippen molar-refractivity contribution in [2.75, 3.05) is 52.4 Å². The molecular formula is C36H55FN6O4S. The molecule has 48 heavy (non-hydrogen) atoms. The average Bonchev–Trinajstić information content (AvgIpc) is 3.89. The van der Waals surface area contributed by atoms with Crippen molar-refractivity contribution < 1.29 is 22.4 Å². The van der Waals surface area contributed by atoms with E-state index in [1.165, 1.54) is 10.9 Å². The van der Waals surface area contributed by atoms with Gasteiger partial charge in [-0.1, -0.05) is 25.5 Å². The number of aromatic nitrogens is 2. The van der Waals surface area contributed by atoms with Crippen molar-refractivity contribution in [2.45, 2.75) is 109 Å². The third-order valence-electron chi connectivity index (χ3n) is 11.5. The van der Waals surface area contributed by atoms with E-state index in [0.717, 1.165) is 82.3 Å². The molecule has 3 saturated heterocycles. The topological polar surface area (TPSA) is 91.2 Å². The fraction of sp³-hybridized carbons (Fsp3) is 0.722. The van der Waals surface area contributed by atoms with Gasteiger partial charge in [0.2, 0.25) is 10.0 Å². The van der Waals surface area contributed by atoms with Gasteiger partial charge < -0.3 is 9.74 Å². The number of benzene rings is 1. The largest absolute Gasteiger partial charge is 0.396 e. The third kappa shape index (κ3) is 7.18. The van der Waals surface area contributed by atoms with E-state index in [4.69, 9.17) is 4.84 Å². The maximum absolute atomic E-state index is 14.6. The molecule has 0 spiro atoms. The van der Waals surface area contributed by atoms with Crippen LogP contribution in [-0.2, 0) is 10.0 Å². The molecular weight excluding hydrogens is 631 g/mol. The summed E-state index contributed by atoms with van der Waals surface area (Å²) in [5, 5.41) is 4.31. The molecule has 4 heterocycles. The van der Waals surface area contributed by atoms with Gasteiger partial charge in [0.05, 0.1) is 22.2 Å². The minimum absolute atomic E-state index is 0.0223. The molecule has 2 unspecified atom stereocenters. The molecule has 2 aromatic rings. The number of hydrogen-bond acceptors (Lipinski definition) is 7. The van der Waals surface area contributed by atoms with E-state index in [2.05, 4.69) is 35.7 Å². The number of hydrogen-bond donors (Lipinski definition) is 0. The Labute approximate surface area is 286 Å². The van der Waals surface area contributed by atoms with E-state index >= 15 is 0 Å². The monoisotopic (exact) mass is 686 g/mol. The summed E-state index contributed by atoms with van der Waals surface area (Å²) in [5.41, 5.74) is 3.08. The Morgan fingerprint density at radius 3 is 2.40 bits per heavy atom. The Bertz CT molecular complexity index is 1550. The number of halogens is 1. The average molecular weight is 687 g/mol. The number of carbonyl (C=O) groups excluding carboxylic acids is 1. The molecule has 4 aliphatic rings. The van der Waals surface area contributed by atoms with Crippen LogP contribution in [0, 0.1) is 25.6 Å². The molecule has 1 aromatic heterocycles. The smallest absolute Gasteiger partial charge is 0.257 e. The molecule has 3 aliphatic heterocycles. The lowest BCUT2D eigenvalue weighted by Gasteiger charge is -2.54. The third-order valence-corrected chi connectivity index (χ3v) is 13.9. The van der Waals surface area contributed by atoms with Crippen molar-refractivity contribution in [3.05, 3.63) is 52.6 Å². The Hall–Kier alpha value is -2.54. The fourth-order valence-corrected chi connectivity index (χ4v) is 10.2. The lowest BCUT2D eigenvalue weighted by molar-refractivity contribution is -0.0422. The van der Waals surface area contributed by atoms with Crippen LogP contribution in [0.4, 0.5) is 4.39 Å². The molecule has 10 nitrogen and oxygen atoms in total. The van der Waals surface area contributed by atoms with Crippen LogP contribution in [0.3, 0.4) is 0 Å². The van der Waals surface area contributed by atoms with E-state index in [-0.39, 0.29) is 40.5 Å². The fourth-order valence-electron chi connectivity index (χ4n) is 8.34. The number of nitrogens with zero attached hydrogens (tertiary/aromatic N) is 6. The zero-order valence-electron chi connectivity index (χ0n) is 29.5. The SMILES string of the molecule is CCCCOn1nc(C)c(C(=O)N2CCC(C)(N3CCN(C(c4cccc(F)c4)C4CCN(S(=O)(=O)C5CC5)CC4)C(C)C3)CC2)c1C. The molecule has 4 fully saturated rings. The number of carbonyl (C=O) groups is 1. The van der Waals surface area contributed by atoms with Crippen molar-refractivity contribution >= 4 is 15.9 Å². The molecule has 0 N–H and O–H groups in total. The lowest BCUT2D eigenvalue weighted by atomic mass is 9.82. The summed E-state index contributed by atoms with van der Waals surface area (Å²) in [5.74, 6) is 0.0576. The molecule has 0 radical (unpaired) electrons. The first-order valence-corrected chi connectivity index (χ1v) is 19.7. The standard InChI is InChI=1S/C36H55FN6O4S/c1-6-7-23-47-43-28(4)33(27(3)38-43)35(44)39-19-15-36(5,16-20-39)40-21-22-42(26(2)25-40)34(30-9-8-10-31(37)24-30)29-13-17-41(18-14-29)48(45,46)32-11-12-32/h8-10,24,26,29,32,34H,6-7,11-23,25H2,1-5H3. The normalized spacial score (nSPS) is 24.1. The van der Waals surface area contributed by atoms with E-state index < -0.39 is 10.0 Å². The molecule has 12 heteroatoms. The lowest BCUT2D eigenvalue weighted by Crippen LogP contribution is -2.63. The molecule has 6 rings (SSSR count). The minimum Gasteiger partial charge on any atom is -0.396 e. The van der Waals surface area contributed by atoms with Crippen LogP contribution in [0.2, 0.25) is 0 Å². The number of unbranched alkanes of at least 4 members (excludes halogenated alkanes) is 1. The Kier molecular flexibility index (Phi) is 10.6. The highest BCUT2D eigenvalue weighted by Crippen LogP contribution is 2.41. The van der Waals surface area contributed by atoms with Gasteiger partial charge in [0.25, 0.3) is 5.91 Å². The van der Waals surface area contributed by atoms with Crippen LogP contribution in [-0.4, -0.2) is 113 Å². The highest BCUT2D eigenvalue weighted by molar-refractivity contribution is 7.90. The first-order valence-electron chi connectivity index (χ1n) is 18.2. The molecule has 1 saturated carbocycles. The van der Waals surface area contributed by atoms with Gasteiger partial charge >= 0.3 is 0 Å². The van der Waals surface area contributed by atoms with Crippen molar-refractivity contribution in [2.24, 2.45) is 5.92 Å². The summed E-state index contributed by atoms with van der Waals surface area (Å²) < 4.78 is 42.2. The molecule has 1 amide bonds. The second kappa shape index (κ2) is 14.4. The maximum Gasteiger partial charge on any atom is 0.257 e. The number of piperazine rings is 1. The van der Waals surface area contributed by atoms with Gasteiger partial charge in [-0.3, -0.25) is 14.6 Å². The molecule has 266 valence electrons. The van der Waals surface area contributed by atoms with Crippen molar-refractivity contribution in [3.63, 3.8) is 0 Å². The summed E-state index contributed by atoms with van der Waals surface area (Å²) in [6.07, 6.45) is 6.89. The van der Waals surface area contributed by atoms with Gasteiger partial charge in [0.1, 0.15) is 12.4 Å². The quantitative estimate of drug-likeness (QED) is 0.314. The minimum atomic E-state index is -3.19. The first kappa shape index (κ1) is 35.3. The molecule has 0 bridgehead atoms. The number of likely N-dealkylation sites (tertiary alicyclic amines) is 1. The van der Waals surface area contributed by atoms with Crippen LogP contribution in [0.15, 0.2) is 24.3 Å². The van der Waals surface area contributed by atoms with Crippen LogP contribution in [0.1, 0.15) is 105 Å². The van der Waals surface area contributed by atoms with Crippen LogP contribution >= 0.6 is 0 Å². The molecule has 1 aliphatic carbocycles. The zero-order chi connectivity index (χ0) is 34.2. The highest BCUT2D eigenvalue weighted by atomic mass is 32.2. The number of aryl methyl sites for hydroxylation is 1. The van der Waals surface area contributed by atoms with Crippen LogP contribution < -0.4 is 4.84 Å². The molecule has 2 atom stereocenters. The molecule has 1 aromatic carbocycles. The van der Waals surface area contributed by atoms with Gasteiger partial charge in [-0.15, -0.1) is 9.94 Å². The van der Waals surface area contributed by atoms with Crippen molar-refractivity contribution in [1.82, 2.24) is 28.9 Å². The van der Waals surface area contributed by atoms with Gasteiger partial charge in [-0.05, 0) is 96.3 Å². The van der Waals surface area contributed by atoms with Gasteiger partial charge in [0, 0.05) is 63.4 Å². The predicted molar refractivity (Wildman–Crippen MR) is 185 cm³/mol. The van der Waals surface area contributed by atoms with Crippen LogP contribution in [0.5, 0.6) is 0 Å². The van der Waals surface area contributed by atoms with Gasteiger partial charge in [0.15, 0.2) is 0 Å². The van der Waals surface area contributed by atoms with Gasteiger partial charge in [-0.25, -0.2) is 17.1 Å². The van der Waals surface area contributed by atoms with Gasteiger partial charge in [-0.2, -0.15) is 0 Å². The van der Waals surface area contributed by atoms with Crippen molar-refractivity contribution in [3.8, 4) is 0 Å². The Balaban J connectivity index is 1.10. The summed E-state index contributed by atoms with van der Waals surface area (Å²) >= 11 is 0. The predicted octanol–water partition coefficient (Wildman–Crippen LogP) is 4.81. The summed E-state index contributed by atoms with van der Waals surface area (Å²) in [6, 6.07) is 7.29.